The zero-order valence-electron chi connectivity index (χ0n) is 9.32. The van der Waals surface area contributed by atoms with E-state index in [0.29, 0.717) is 0 Å². The molecule has 1 aromatic rings. The number of halogens is 4. The maximum atomic E-state index is 12.4. The van der Waals surface area contributed by atoms with Crippen molar-refractivity contribution in [2.75, 3.05) is 13.2 Å². The number of aromatic nitrogens is 4. The smallest absolute Gasteiger partial charge is 0.330 e. The Bertz CT molecular complexity index is 410. The fourth-order valence-corrected chi connectivity index (χ4v) is 0.985. The Labute approximate surface area is 98.9 Å². The number of aryl methyl sites for hydroxylation is 1. The number of ketones is 1. The molecule has 0 aromatic carbocycles. The van der Waals surface area contributed by atoms with E-state index in [1.807, 2.05) is 0 Å². The first-order valence-electron chi connectivity index (χ1n) is 4.79. The van der Waals surface area contributed by atoms with Crippen molar-refractivity contribution in [3.63, 3.8) is 0 Å². The summed E-state index contributed by atoms with van der Waals surface area (Å²) in [4.78, 5) is 12.3. The molecule has 0 saturated heterocycles. The van der Waals surface area contributed by atoms with Crippen molar-refractivity contribution >= 4 is 5.78 Å². The predicted octanol–water partition coefficient (Wildman–Crippen LogP) is 0.239. The first-order chi connectivity index (χ1) is 8.31. The molecule has 0 N–H and O–H groups in total. The maximum Gasteiger partial charge on any atom is 0.330 e. The van der Waals surface area contributed by atoms with Gasteiger partial charge in [0.2, 0.25) is 0 Å². The molecule has 0 atom stereocenters. The summed E-state index contributed by atoms with van der Waals surface area (Å²) >= 11 is 0. The Morgan fingerprint density at radius 2 is 2.17 bits per heavy atom. The van der Waals surface area contributed by atoms with Crippen LogP contribution in [0.15, 0.2) is 0 Å². The van der Waals surface area contributed by atoms with Crippen molar-refractivity contribution in [1.29, 1.82) is 0 Å². The van der Waals surface area contributed by atoms with E-state index >= 15 is 0 Å². The molecule has 0 unspecified atom stereocenters. The fraction of sp³-hybridized carbons (Fsp3) is 0.750. The summed E-state index contributed by atoms with van der Waals surface area (Å²) in [5.74, 6) is -4.76. The number of Topliss-reactive ketones (excluding diaryl/α,β-unsaturated/α-hetero) is 1. The van der Waals surface area contributed by atoms with Crippen LogP contribution in [0, 0.1) is 0 Å². The number of rotatable bonds is 7. The quantitative estimate of drug-likeness (QED) is 0.664. The number of ether oxygens (including phenoxy) is 1. The van der Waals surface area contributed by atoms with Crippen LogP contribution in [0.25, 0.3) is 0 Å². The molecular formula is C8H10F4N4O2. The minimum Gasteiger partial charge on any atom is -0.367 e. The predicted molar refractivity (Wildman–Crippen MR) is 49.3 cm³/mol. The largest absolute Gasteiger partial charge is 0.367 e. The Morgan fingerprint density at radius 1 is 1.50 bits per heavy atom. The summed E-state index contributed by atoms with van der Waals surface area (Å²) in [6.45, 7) is -2.22. The van der Waals surface area contributed by atoms with Gasteiger partial charge in [-0.2, -0.15) is 13.6 Å². The lowest BCUT2D eigenvalue weighted by Crippen LogP contribution is -2.33. The van der Waals surface area contributed by atoms with Gasteiger partial charge in [0.05, 0.1) is 13.5 Å². The van der Waals surface area contributed by atoms with Crippen LogP contribution in [-0.2, 0) is 23.0 Å². The van der Waals surface area contributed by atoms with E-state index in [9.17, 15) is 22.4 Å². The molecule has 1 rings (SSSR count). The molecule has 0 fully saturated rings. The van der Waals surface area contributed by atoms with Crippen LogP contribution in [0.4, 0.5) is 17.6 Å². The van der Waals surface area contributed by atoms with E-state index in [4.69, 9.17) is 0 Å². The van der Waals surface area contributed by atoms with E-state index < -0.39 is 31.3 Å². The second-order valence-corrected chi connectivity index (χ2v) is 3.47. The summed E-state index contributed by atoms with van der Waals surface area (Å²) in [7, 11) is 1.49. The highest BCUT2D eigenvalue weighted by Crippen LogP contribution is 2.22. The molecule has 0 aliphatic heterocycles. The Kier molecular flexibility index (Phi) is 4.70. The van der Waals surface area contributed by atoms with Crippen LogP contribution in [0.5, 0.6) is 0 Å². The first-order valence-corrected chi connectivity index (χ1v) is 4.79. The lowest BCUT2D eigenvalue weighted by molar-refractivity contribution is -0.168. The fourth-order valence-electron chi connectivity index (χ4n) is 0.985. The molecule has 6 nitrogen and oxygen atoms in total. The van der Waals surface area contributed by atoms with E-state index in [1.54, 1.807) is 0 Å². The molecule has 0 bridgehead atoms. The lowest BCUT2D eigenvalue weighted by atomic mass is 10.3. The lowest BCUT2D eigenvalue weighted by Gasteiger charge is -2.14. The molecule has 0 amide bonds. The second kappa shape index (κ2) is 5.85. The van der Waals surface area contributed by atoms with Crippen molar-refractivity contribution in [3.05, 3.63) is 5.82 Å². The number of carbonyl (C=O) groups excluding carboxylic acids is 1. The molecule has 1 aromatic heterocycles. The van der Waals surface area contributed by atoms with Gasteiger partial charge in [0.25, 0.3) is 0 Å². The van der Waals surface area contributed by atoms with Gasteiger partial charge in [0, 0.05) is 0 Å². The van der Waals surface area contributed by atoms with Crippen molar-refractivity contribution < 1.29 is 27.1 Å². The number of hydrogen-bond acceptors (Lipinski definition) is 5. The summed E-state index contributed by atoms with van der Waals surface area (Å²) in [5, 5.41) is 10.6. The second-order valence-electron chi connectivity index (χ2n) is 3.47. The molecule has 0 saturated carbocycles. The van der Waals surface area contributed by atoms with E-state index in [2.05, 4.69) is 20.1 Å². The highest BCUT2D eigenvalue weighted by atomic mass is 19.3. The number of nitrogens with zero attached hydrogens (tertiary/aromatic N) is 4. The van der Waals surface area contributed by atoms with Crippen molar-refractivity contribution in [3.8, 4) is 0 Å². The highest BCUT2D eigenvalue weighted by Gasteiger charge is 2.41. The van der Waals surface area contributed by atoms with Gasteiger partial charge in [-0.25, -0.2) is 8.78 Å². The molecular weight excluding hydrogens is 260 g/mol. The minimum absolute atomic E-state index is 0.103. The maximum absolute atomic E-state index is 12.4. The molecule has 0 spiro atoms. The monoisotopic (exact) mass is 270 g/mol. The molecule has 102 valence electrons. The van der Waals surface area contributed by atoms with Gasteiger partial charge in [-0.05, 0) is 5.21 Å². The third-order valence-electron chi connectivity index (χ3n) is 1.78. The van der Waals surface area contributed by atoms with Crippen LogP contribution in [-0.4, -0.2) is 51.6 Å². The van der Waals surface area contributed by atoms with Crippen molar-refractivity contribution in [1.82, 2.24) is 20.2 Å². The molecule has 0 radical (unpaired) electrons. The standard InChI is InChI=1S/C8H10F4N4O2/c1-16-14-6(13-15-16)2-5(17)3-18-4-8(11,12)7(9)10/h7H,2-4H2,1H3. The van der Waals surface area contributed by atoms with Crippen molar-refractivity contribution in [2.45, 2.75) is 18.8 Å². The topological polar surface area (TPSA) is 69.9 Å². The molecule has 10 heteroatoms. The Balaban J connectivity index is 2.30. The van der Waals surface area contributed by atoms with Crippen molar-refractivity contribution in [2.24, 2.45) is 7.05 Å². The van der Waals surface area contributed by atoms with Gasteiger partial charge >= 0.3 is 12.3 Å². The average molecular weight is 270 g/mol. The number of carbonyl (C=O) groups is 1. The Morgan fingerprint density at radius 3 is 2.67 bits per heavy atom. The zero-order valence-corrected chi connectivity index (χ0v) is 9.32. The van der Waals surface area contributed by atoms with E-state index in [-0.39, 0.29) is 12.2 Å². The minimum atomic E-state index is -4.26. The average Bonchev–Trinajstić information content (AvgIpc) is 2.63. The van der Waals surface area contributed by atoms with E-state index in [0.717, 1.165) is 4.80 Å². The van der Waals surface area contributed by atoms with Gasteiger partial charge in [-0.3, -0.25) is 4.79 Å². The normalized spacial score (nSPS) is 12.1. The summed E-state index contributed by atoms with van der Waals surface area (Å²) < 4.78 is 52.5. The first kappa shape index (κ1) is 14.5. The van der Waals surface area contributed by atoms with Crippen LogP contribution in [0.2, 0.25) is 0 Å². The number of hydrogen-bond donors (Lipinski definition) is 0. The van der Waals surface area contributed by atoms with Gasteiger partial charge in [-0.15, -0.1) is 10.2 Å². The third-order valence-corrected chi connectivity index (χ3v) is 1.78. The van der Waals surface area contributed by atoms with Crippen LogP contribution in [0.1, 0.15) is 5.82 Å². The molecule has 18 heavy (non-hydrogen) atoms. The van der Waals surface area contributed by atoms with Gasteiger partial charge in [-0.1, -0.05) is 0 Å². The van der Waals surface area contributed by atoms with E-state index in [1.165, 1.54) is 7.05 Å². The molecule has 0 aliphatic rings. The third kappa shape index (κ3) is 4.35. The Hall–Kier alpha value is -1.58. The summed E-state index contributed by atoms with van der Waals surface area (Å²) in [5.41, 5.74) is 0. The zero-order chi connectivity index (χ0) is 13.8. The van der Waals surface area contributed by atoms with Gasteiger partial charge in [0.15, 0.2) is 11.6 Å². The van der Waals surface area contributed by atoms with Crippen LogP contribution >= 0.6 is 0 Å². The van der Waals surface area contributed by atoms with Gasteiger partial charge in [0.1, 0.15) is 13.2 Å². The summed E-state index contributed by atoms with van der Waals surface area (Å²) in [6, 6.07) is 0. The number of alkyl halides is 4. The van der Waals surface area contributed by atoms with Crippen LogP contribution in [0.3, 0.4) is 0 Å². The highest BCUT2D eigenvalue weighted by molar-refractivity contribution is 5.81. The number of tetrazole rings is 1. The SMILES string of the molecule is Cn1nnc(CC(=O)COCC(F)(F)C(F)F)n1. The molecule has 1 heterocycles. The van der Waals surface area contributed by atoms with Crippen LogP contribution < -0.4 is 0 Å². The summed E-state index contributed by atoms with van der Waals surface area (Å²) in [6.07, 6.45) is -4.08. The van der Waals surface area contributed by atoms with Gasteiger partial charge < -0.3 is 4.74 Å². The molecule has 0 aliphatic carbocycles.